The van der Waals surface area contributed by atoms with Crippen molar-refractivity contribution < 1.29 is 14.0 Å². The van der Waals surface area contributed by atoms with Crippen LogP contribution in [0.15, 0.2) is 35.3 Å². The highest BCUT2D eigenvalue weighted by atomic mass is 16.3. The van der Waals surface area contributed by atoms with Gasteiger partial charge in [0, 0.05) is 6.20 Å². The van der Waals surface area contributed by atoms with Gasteiger partial charge in [0.25, 0.3) is 5.91 Å². The maximum Gasteiger partial charge on any atom is 0.287 e. The Morgan fingerprint density at radius 1 is 1.39 bits per heavy atom. The first kappa shape index (κ1) is 11.9. The number of nitrogens with zero attached hydrogens (tertiary/aromatic N) is 1. The lowest BCUT2D eigenvalue weighted by atomic mass is 10.4. The van der Waals surface area contributed by atoms with Crippen LogP contribution in [-0.2, 0) is 11.3 Å². The van der Waals surface area contributed by atoms with Crippen molar-refractivity contribution in [3.63, 3.8) is 0 Å². The van der Waals surface area contributed by atoms with Crippen LogP contribution in [0.4, 0.5) is 0 Å². The van der Waals surface area contributed by atoms with Crippen LogP contribution in [0, 0.1) is 0 Å². The molecule has 0 aliphatic heterocycles. The first-order chi connectivity index (χ1) is 8.75. The second kappa shape index (κ2) is 5.67. The minimum atomic E-state index is -0.420. The molecule has 2 rings (SSSR count). The van der Waals surface area contributed by atoms with E-state index in [1.807, 2.05) is 0 Å². The summed E-state index contributed by atoms with van der Waals surface area (Å²) in [5.41, 5.74) is 0.792. The van der Waals surface area contributed by atoms with E-state index in [0.29, 0.717) is 6.54 Å². The Morgan fingerprint density at radius 3 is 2.94 bits per heavy atom. The molecular weight excluding hydrogens is 236 g/mol. The Bertz CT molecular complexity index is 504. The standard InChI is InChI=1S/C11H12N4O3/c16-10(13-5-8-4-12-7-15-8)6-14-11(17)9-2-1-3-18-9/h1-4,7H,5-6H2,(H,12,15)(H,13,16)(H,14,17). The maximum absolute atomic E-state index is 11.4. The fourth-order valence-electron chi connectivity index (χ4n) is 1.29. The minimum Gasteiger partial charge on any atom is -0.459 e. The van der Waals surface area contributed by atoms with Gasteiger partial charge in [-0.05, 0) is 12.1 Å². The summed E-state index contributed by atoms with van der Waals surface area (Å²) in [6.45, 7) is 0.239. The van der Waals surface area contributed by atoms with E-state index in [1.54, 1.807) is 12.3 Å². The van der Waals surface area contributed by atoms with Crippen LogP contribution in [0.5, 0.6) is 0 Å². The van der Waals surface area contributed by atoms with Gasteiger partial charge in [-0.3, -0.25) is 9.59 Å². The highest BCUT2D eigenvalue weighted by Crippen LogP contribution is 1.98. The molecule has 2 heterocycles. The number of furan rings is 1. The number of aromatic nitrogens is 2. The zero-order valence-electron chi connectivity index (χ0n) is 9.47. The molecule has 0 spiro atoms. The predicted octanol–water partition coefficient (Wildman–Crippen LogP) is 0.0489. The van der Waals surface area contributed by atoms with Crippen LogP contribution in [0.3, 0.4) is 0 Å². The largest absolute Gasteiger partial charge is 0.459 e. The van der Waals surface area contributed by atoms with Crippen LogP contribution < -0.4 is 10.6 Å². The third kappa shape index (κ3) is 3.21. The van der Waals surface area contributed by atoms with Crippen LogP contribution >= 0.6 is 0 Å². The van der Waals surface area contributed by atoms with E-state index in [0.717, 1.165) is 5.69 Å². The third-order valence-electron chi connectivity index (χ3n) is 2.19. The third-order valence-corrected chi connectivity index (χ3v) is 2.19. The number of imidazole rings is 1. The summed E-state index contributed by atoms with van der Waals surface area (Å²) in [6.07, 6.45) is 4.54. The molecule has 0 bridgehead atoms. The van der Waals surface area contributed by atoms with E-state index in [1.165, 1.54) is 18.7 Å². The molecule has 0 saturated heterocycles. The maximum atomic E-state index is 11.4. The lowest BCUT2D eigenvalue weighted by molar-refractivity contribution is -0.120. The van der Waals surface area contributed by atoms with Crippen molar-refractivity contribution in [2.75, 3.05) is 6.54 Å². The Balaban J connectivity index is 1.70. The fraction of sp³-hybridized carbons (Fsp3) is 0.182. The normalized spacial score (nSPS) is 10.0. The molecule has 2 aromatic heterocycles. The number of carbonyl (C=O) groups is 2. The SMILES string of the molecule is O=C(CNC(=O)c1ccco1)NCc1cnc[nH]1. The average Bonchev–Trinajstić information content (AvgIpc) is 3.05. The van der Waals surface area contributed by atoms with Gasteiger partial charge in [0.1, 0.15) is 0 Å². The number of rotatable bonds is 5. The highest BCUT2D eigenvalue weighted by molar-refractivity contribution is 5.94. The number of amides is 2. The molecule has 0 aromatic carbocycles. The second-order valence-corrected chi connectivity index (χ2v) is 3.51. The van der Waals surface area contributed by atoms with Crippen LogP contribution in [0.25, 0.3) is 0 Å². The van der Waals surface area contributed by atoms with Gasteiger partial charge < -0.3 is 20.0 Å². The first-order valence-corrected chi connectivity index (χ1v) is 5.31. The molecule has 0 radical (unpaired) electrons. The number of carbonyl (C=O) groups excluding carboxylic acids is 2. The Labute approximate surface area is 103 Å². The minimum absolute atomic E-state index is 0.104. The average molecular weight is 248 g/mol. The summed E-state index contributed by atoms with van der Waals surface area (Å²) in [5, 5.41) is 5.07. The van der Waals surface area contributed by atoms with Crippen LogP contribution in [-0.4, -0.2) is 28.3 Å². The molecular formula is C11H12N4O3. The number of hydrogen-bond donors (Lipinski definition) is 3. The molecule has 0 saturated carbocycles. The van der Waals surface area contributed by atoms with E-state index >= 15 is 0 Å². The molecule has 0 fully saturated rings. The van der Waals surface area contributed by atoms with Gasteiger partial charge in [-0.2, -0.15) is 0 Å². The van der Waals surface area contributed by atoms with Gasteiger partial charge in [-0.15, -0.1) is 0 Å². The monoisotopic (exact) mass is 248 g/mol. The number of H-pyrrole nitrogens is 1. The van der Waals surface area contributed by atoms with Crippen molar-refractivity contribution in [3.05, 3.63) is 42.4 Å². The molecule has 0 unspecified atom stereocenters. The van der Waals surface area contributed by atoms with Gasteiger partial charge >= 0.3 is 0 Å². The molecule has 18 heavy (non-hydrogen) atoms. The van der Waals surface area contributed by atoms with Crippen molar-refractivity contribution in [2.24, 2.45) is 0 Å². The summed E-state index contributed by atoms with van der Waals surface area (Å²) in [4.78, 5) is 29.5. The van der Waals surface area contributed by atoms with E-state index in [-0.39, 0.29) is 18.2 Å². The zero-order chi connectivity index (χ0) is 12.8. The first-order valence-electron chi connectivity index (χ1n) is 5.31. The molecule has 94 valence electrons. The molecule has 2 amide bonds. The van der Waals surface area contributed by atoms with E-state index in [4.69, 9.17) is 4.42 Å². The number of aromatic amines is 1. The van der Waals surface area contributed by atoms with E-state index in [2.05, 4.69) is 20.6 Å². The van der Waals surface area contributed by atoms with Gasteiger partial charge in [-0.25, -0.2) is 4.98 Å². The van der Waals surface area contributed by atoms with E-state index < -0.39 is 5.91 Å². The van der Waals surface area contributed by atoms with Crippen molar-refractivity contribution in [3.8, 4) is 0 Å². The van der Waals surface area contributed by atoms with Gasteiger partial charge in [0.05, 0.1) is 31.4 Å². The Kier molecular flexibility index (Phi) is 3.75. The summed E-state index contributed by atoms with van der Waals surface area (Å²) in [6, 6.07) is 3.13. The van der Waals surface area contributed by atoms with Gasteiger partial charge in [-0.1, -0.05) is 0 Å². The molecule has 7 heteroatoms. The Morgan fingerprint density at radius 2 is 2.28 bits per heavy atom. The Hall–Kier alpha value is -2.57. The van der Waals surface area contributed by atoms with Crippen molar-refractivity contribution in [2.45, 2.75) is 6.54 Å². The fourth-order valence-corrected chi connectivity index (χ4v) is 1.29. The lowest BCUT2D eigenvalue weighted by Gasteiger charge is -2.04. The zero-order valence-corrected chi connectivity index (χ0v) is 9.47. The predicted molar refractivity (Wildman–Crippen MR) is 61.5 cm³/mol. The van der Waals surface area contributed by atoms with Crippen molar-refractivity contribution in [1.82, 2.24) is 20.6 Å². The van der Waals surface area contributed by atoms with Gasteiger partial charge in [0.15, 0.2) is 5.76 Å². The smallest absolute Gasteiger partial charge is 0.287 e. The summed E-state index contributed by atoms with van der Waals surface area (Å²) in [5.74, 6) is -0.530. The molecule has 0 atom stereocenters. The molecule has 0 aliphatic rings. The number of hydrogen-bond acceptors (Lipinski definition) is 4. The molecule has 2 aromatic rings. The highest BCUT2D eigenvalue weighted by Gasteiger charge is 2.09. The summed E-state index contributed by atoms with van der Waals surface area (Å²) >= 11 is 0. The van der Waals surface area contributed by atoms with Crippen LogP contribution in [0.2, 0.25) is 0 Å². The summed E-state index contributed by atoms with van der Waals surface area (Å²) < 4.78 is 4.89. The molecule has 0 aliphatic carbocycles. The van der Waals surface area contributed by atoms with Crippen LogP contribution in [0.1, 0.15) is 16.2 Å². The topological polar surface area (TPSA) is 100 Å². The van der Waals surface area contributed by atoms with Crippen molar-refractivity contribution >= 4 is 11.8 Å². The summed E-state index contributed by atoms with van der Waals surface area (Å²) in [7, 11) is 0. The molecule has 3 N–H and O–H groups in total. The number of nitrogens with one attached hydrogen (secondary N) is 3. The quantitative estimate of drug-likeness (QED) is 0.696. The van der Waals surface area contributed by atoms with Crippen molar-refractivity contribution in [1.29, 1.82) is 0 Å². The second-order valence-electron chi connectivity index (χ2n) is 3.51. The lowest BCUT2D eigenvalue weighted by Crippen LogP contribution is -2.36. The van der Waals surface area contributed by atoms with Gasteiger partial charge in [0.2, 0.25) is 5.91 Å². The van der Waals surface area contributed by atoms with E-state index in [9.17, 15) is 9.59 Å². The molecule has 7 nitrogen and oxygen atoms in total.